The van der Waals surface area contributed by atoms with Crippen LogP contribution in [0.25, 0.3) is 0 Å². The highest BCUT2D eigenvalue weighted by Crippen LogP contribution is 2.20. The quantitative estimate of drug-likeness (QED) is 0.795. The summed E-state index contributed by atoms with van der Waals surface area (Å²) in [5.74, 6) is -0.166. The Balaban J connectivity index is 2.80. The number of amides is 1. The summed E-state index contributed by atoms with van der Waals surface area (Å²) in [6, 6.07) is 1.22. The molecule has 4 nitrogen and oxygen atoms in total. The molecule has 0 aromatic carbocycles. The van der Waals surface area contributed by atoms with Crippen molar-refractivity contribution in [3.63, 3.8) is 0 Å². The van der Waals surface area contributed by atoms with E-state index in [4.69, 9.17) is 17.3 Å². The van der Waals surface area contributed by atoms with Crippen molar-refractivity contribution in [1.29, 1.82) is 0 Å². The molecule has 0 spiro atoms. The molecule has 88 valence electrons. The largest absolute Gasteiger partial charge is 0.322 e. The molecule has 0 bridgehead atoms. The number of aryl methyl sites for hydroxylation is 1. The molecule has 16 heavy (non-hydrogen) atoms. The summed E-state index contributed by atoms with van der Waals surface area (Å²) in [5.41, 5.74) is 7.15. The van der Waals surface area contributed by atoms with Gasteiger partial charge in [-0.2, -0.15) is 0 Å². The van der Waals surface area contributed by atoms with Gasteiger partial charge in [-0.3, -0.25) is 4.79 Å². The maximum Gasteiger partial charge on any atom is 0.241 e. The molecule has 0 aliphatic carbocycles. The zero-order chi connectivity index (χ0) is 12.3. The van der Waals surface area contributed by atoms with E-state index in [1.807, 2.05) is 20.8 Å². The number of anilines is 1. The molecule has 0 fully saturated rings. The predicted octanol–water partition coefficient (Wildman–Crippen LogP) is 1.97. The van der Waals surface area contributed by atoms with Gasteiger partial charge in [0, 0.05) is 6.20 Å². The van der Waals surface area contributed by atoms with Gasteiger partial charge in [-0.05, 0) is 24.5 Å². The Hall–Kier alpha value is -1.13. The molecule has 1 aromatic rings. The number of nitrogens with zero attached hydrogens (tertiary/aromatic N) is 1. The molecular formula is C11H16ClN3O. The standard InChI is InChI=1S/C11H16ClN3O/c1-6(2)9(13)11(16)15-8-4-7(3)5-14-10(8)12/h4-6,9H,13H2,1-3H3,(H,15,16). The lowest BCUT2D eigenvalue weighted by atomic mass is 10.1. The van der Waals surface area contributed by atoms with Crippen molar-refractivity contribution in [2.75, 3.05) is 5.32 Å². The van der Waals surface area contributed by atoms with Gasteiger partial charge in [-0.15, -0.1) is 0 Å². The first-order valence-corrected chi connectivity index (χ1v) is 5.48. The van der Waals surface area contributed by atoms with Crippen molar-refractivity contribution in [3.8, 4) is 0 Å². The maximum absolute atomic E-state index is 11.7. The Morgan fingerprint density at radius 1 is 1.56 bits per heavy atom. The molecule has 1 rings (SSSR count). The molecule has 0 radical (unpaired) electrons. The molecule has 1 aromatic heterocycles. The maximum atomic E-state index is 11.7. The minimum absolute atomic E-state index is 0.0801. The molecule has 3 N–H and O–H groups in total. The average molecular weight is 242 g/mol. The van der Waals surface area contributed by atoms with Crippen LogP contribution in [0, 0.1) is 12.8 Å². The van der Waals surface area contributed by atoms with Crippen LogP contribution in [0.1, 0.15) is 19.4 Å². The van der Waals surface area contributed by atoms with Gasteiger partial charge >= 0.3 is 0 Å². The van der Waals surface area contributed by atoms with Crippen LogP contribution in [0.5, 0.6) is 0 Å². The molecule has 5 heteroatoms. The highest BCUT2D eigenvalue weighted by Gasteiger charge is 2.18. The number of rotatable bonds is 3. The Morgan fingerprint density at radius 3 is 2.75 bits per heavy atom. The van der Waals surface area contributed by atoms with Crippen molar-refractivity contribution in [1.82, 2.24) is 4.98 Å². The first kappa shape index (κ1) is 12.9. The van der Waals surface area contributed by atoms with E-state index < -0.39 is 6.04 Å². The van der Waals surface area contributed by atoms with Gasteiger partial charge in [-0.1, -0.05) is 25.4 Å². The van der Waals surface area contributed by atoms with Gasteiger partial charge in [0.15, 0.2) is 5.15 Å². The van der Waals surface area contributed by atoms with E-state index in [0.717, 1.165) is 5.56 Å². The summed E-state index contributed by atoms with van der Waals surface area (Å²) >= 11 is 5.86. The van der Waals surface area contributed by atoms with Gasteiger partial charge in [0.05, 0.1) is 11.7 Å². The van der Waals surface area contributed by atoms with E-state index in [1.54, 1.807) is 12.3 Å². The molecule has 1 heterocycles. The van der Waals surface area contributed by atoms with Gasteiger partial charge in [-0.25, -0.2) is 4.98 Å². The summed E-state index contributed by atoms with van der Waals surface area (Å²) in [7, 11) is 0. The van der Waals surface area contributed by atoms with Crippen molar-refractivity contribution < 1.29 is 4.79 Å². The van der Waals surface area contributed by atoms with Crippen LogP contribution in [-0.4, -0.2) is 16.9 Å². The lowest BCUT2D eigenvalue weighted by Gasteiger charge is -2.15. The monoisotopic (exact) mass is 241 g/mol. The third-order valence-corrected chi connectivity index (χ3v) is 2.56. The van der Waals surface area contributed by atoms with Crippen molar-refractivity contribution in [2.45, 2.75) is 26.8 Å². The highest BCUT2D eigenvalue weighted by atomic mass is 35.5. The van der Waals surface area contributed by atoms with Gasteiger partial charge in [0.1, 0.15) is 0 Å². The zero-order valence-electron chi connectivity index (χ0n) is 9.62. The number of hydrogen-bond acceptors (Lipinski definition) is 3. The molecule has 0 saturated carbocycles. The summed E-state index contributed by atoms with van der Waals surface area (Å²) in [6.07, 6.45) is 1.64. The molecular weight excluding hydrogens is 226 g/mol. The fourth-order valence-electron chi connectivity index (χ4n) is 1.16. The summed E-state index contributed by atoms with van der Waals surface area (Å²) in [6.45, 7) is 5.65. The normalized spacial score (nSPS) is 12.6. The lowest BCUT2D eigenvalue weighted by molar-refractivity contribution is -0.118. The van der Waals surface area contributed by atoms with Crippen molar-refractivity contribution in [2.24, 2.45) is 11.7 Å². The first-order chi connectivity index (χ1) is 7.41. The second kappa shape index (κ2) is 5.27. The topological polar surface area (TPSA) is 68.0 Å². The Bertz CT molecular complexity index is 393. The van der Waals surface area contributed by atoms with Gasteiger partial charge in [0.25, 0.3) is 0 Å². The molecule has 0 saturated heterocycles. The van der Waals surface area contributed by atoms with Crippen molar-refractivity contribution in [3.05, 3.63) is 23.0 Å². The van der Waals surface area contributed by atoms with E-state index in [1.165, 1.54) is 0 Å². The number of aromatic nitrogens is 1. The van der Waals surface area contributed by atoms with Crippen LogP contribution in [0.4, 0.5) is 5.69 Å². The summed E-state index contributed by atoms with van der Waals surface area (Å²) in [5, 5.41) is 2.95. The highest BCUT2D eigenvalue weighted by molar-refractivity contribution is 6.32. The molecule has 1 amide bonds. The summed E-state index contributed by atoms with van der Waals surface area (Å²) in [4.78, 5) is 15.6. The smallest absolute Gasteiger partial charge is 0.241 e. The first-order valence-electron chi connectivity index (χ1n) is 5.10. The second-order valence-electron chi connectivity index (χ2n) is 4.11. The van der Waals surface area contributed by atoms with E-state index in [-0.39, 0.29) is 17.0 Å². The number of carbonyl (C=O) groups excluding carboxylic acids is 1. The number of halogens is 1. The number of pyridine rings is 1. The Labute approximate surface area is 100 Å². The van der Waals surface area contributed by atoms with Gasteiger partial charge < -0.3 is 11.1 Å². The number of nitrogens with two attached hydrogens (primary N) is 1. The van der Waals surface area contributed by atoms with E-state index in [0.29, 0.717) is 5.69 Å². The fourth-order valence-corrected chi connectivity index (χ4v) is 1.31. The molecule has 0 aliphatic heterocycles. The fraction of sp³-hybridized carbons (Fsp3) is 0.455. The SMILES string of the molecule is Cc1cnc(Cl)c(NC(=O)C(N)C(C)C)c1. The molecule has 1 atom stereocenters. The van der Waals surface area contributed by atoms with Crippen LogP contribution in [0.2, 0.25) is 5.15 Å². The second-order valence-corrected chi connectivity index (χ2v) is 4.47. The Morgan fingerprint density at radius 2 is 2.19 bits per heavy atom. The van der Waals surface area contributed by atoms with Gasteiger partial charge in [0.2, 0.25) is 5.91 Å². The van der Waals surface area contributed by atoms with Crippen LogP contribution >= 0.6 is 11.6 Å². The third-order valence-electron chi connectivity index (χ3n) is 2.25. The lowest BCUT2D eigenvalue weighted by Crippen LogP contribution is -2.39. The van der Waals surface area contributed by atoms with Crippen LogP contribution in [0.3, 0.4) is 0 Å². The van der Waals surface area contributed by atoms with Crippen molar-refractivity contribution >= 4 is 23.2 Å². The van der Waals surface area contributed by atoms with Crippen LogP contribution in [-0.2, 0) is 4.79 Å². The zero-order valence-corrected chi connectivity index (χ0v) is 10.4. The summed E-state index contributed by atoms with van der Waals surface area (Å²) < 4.78 is 0. The minimum Gasteiger partial charge on any atom is -0.322 e. The average Bonchev–Trinajstić information content (AvgIpc) is 2.22. The van der Waals surface area contributed by atoms with Crippen LogP contribution in [0.15, 0.2) is 12.3 Å². The number of carbonyl (C=O) groups is 1. The van der Waals surface area contributed by atoms with E-state index in [9.17, 15) is 4.79 Å². The molecule has 0 aliphatic rings. The number of nitrogens with one attached hydrogen (secondary N) is 1. The molecule has 1 unspecified atom stereocenters. The predicted molar refractivity (Wildman–Crippen MR) is 65.4 cm³/mol. The van der Waals surface area contributed by atoms with Crippen LogP contribution < -0.4 is 11.1 Å². The van der Waals surface area contributed by atoms with E-state index >= 15 is 0 Å². The third kappa shape index (κ3) is 3.18. The van der Waals surface area contributed by atoms with E-state index in [2.05, 4.69) is 10.3 Å². The Kier molecular flexibility index (Phi) is 4.26. The minimum atomic E-state index is -0.545. The number of hydrogen-bond donors (Lipinski definition) is 2.